The lowest BCUT2D eigenvalue weighted by Crippen LogP contribution is -2.46. The van der Waals surface area contributed by atoms with Gasteiger partial charge >= 0.3 is 0 Å². The zero-order chi connectivity index (χ0) is 13.9. The summed E-state index contributed by atoms with van der Waals surface area (Å²) in [6, 6.07) is 4.07. The minimum atomic E-state index is -0.314. The molecule has 0 aromatic carbocycles. The Morgan fingerprint density at radius 2 is 2.40 bits per heavy atom. The van der Waals surface area contributed by atoms with E-state index < -0.39 is 0 Å². The Morgan fingerprint density at radius 3 is 3.10 bits per heavy atom. The van der Waals surface area contributed by atoms with Crippen molar-refractivity contribution >= 4 is 17.2 Å². The minimum Gasteiger partial charge on any atom is -0.369 e. The molecule has 2 fully saturated rings. The minimum absolute atomic E-state index is 0.000548. The SMILES string of the molecule is NC[C@H]1CC[C@@H](C(=O)N2CCOC(c3cccs3)C2)O1. The van der Waals surface area contributed by atoms with Crippen molar-refractivity contribution < 1.29 is 14.3 Å². The number of thiophene rings is 1. The van der Waals surface area contributed by atoms with Crippen LogP contribution in [0.15, 0.2) is 17.5 Å². The van der Waals surface area contributed by atoms with Crippen molar-refractivity contribution in [1.82, 2.24) is 4.90 Å². The zero-order valence-electron chi connectivity index (χ0n) is 11.4. The lowest BCUT2D eigenvalue weighted by Gasteiger charge is -2.34. The summed E-state index contributed by atoms with van der Waals surface area (Å²) in [5.74, 6) is 0.0887. The second-order valence-corrected chi connectivity index (χ2v) is 6.20. The fourth-order valence-electron chi connectivity index (χ4n) is 2.76. The molecule has 0 aliphatic carbocycles. The molecule has 0 spiro atoms. The van der Waals surface area contributed by atoms with Gasteiger partial charge in [0.05, 0.1) is 19.3 Å². The molecule has 0 radical (unpaired) electrons. The first-order chi connectivity index (χ1) is 9.78. The van der Waals surface area contributed by atoms with E-state index in [2.05, 4.69) is 6.07 Å². The van der Waals surface area contributed by atoms with Crippen LogP contribution in [0, 0.1) is 0 Å². The Morgan fingerprint density at radius 1 is 1.50 bits per heavy atom. The third-order valence-electron chi connectivity index (χ3n) is 3.88. The highest BCUT2D eigenvalue weighted by Crippen LogP contribution is 2.28. The monoisotopic (exact) mass is 296 g/mol. The van der Waals surface area contributed by atoms with Crippen LogP contribution in [0.5, 0.6) is 0 Å². The second-order valence-electron chi connectivity index (χ2n) is 5.22. The van der Waals surface area contributed by atoms with E-state index in [0.29, 0.717) is 26.2 Å². The summed E-state index contributed by atoms with van der Waals surface area (Å²) in [4.78, 5) is 15.5. The van der Waals surface area contributed by atoms with Gasteiger partial charge in [0.2, 0.25) is 0 Å². The van der Waals surface area contributed by atoms with E-state index >= 15 is 0 Å². The normalized spacial score (nSPS) is 30.6. The summed E-state index contributed by atoms with van der Waals surface area (Å²) >= 11 is 1.67. The van der Waals surface area contributed by atoms with Gasteiger partial charge in [-0.15, -0.1) is 11.3 Å². The molecule has 3 rings (SSSR count). The first-order valence-electron chi connectivity index (χ1n) is 7.07. The van der Waals surface area contributed by atoms with Gasteiger partial charge in [-0.25, -0.2) is 0 Å². The number of morpholine rings is 1. The fourth-order valence-corrected chi connectivity index (χ4v) is 3.53. The molecule has 1 aromatic heterocycles. The van der Waals surface area contributed by atoms with E-state index in [1.807, 2.05) is 16.3 Å². The molecular formula is C14H20N2O3S. The standard InChI is InChI=1S/C14H20N2O3S/c15-8-10-3-4-11(19-10)14(17)16-5-6-18-12(9-16)13-2-1-7-20-13/h1-2,7,10-12H,3-6,8-9,15H2/t10-,11+,12?/m1/s1. The van der Waals surface area contributed by atoms with Crippen LogP contribution in [0.2, 0.25) is 0 Å². The number of hydrogen-bond donors (Lipinski definition) is 1. The summed E-state index contributed by atoms with van der Waals surface area (Å²) in [5, 5.41) is 2.03. The number of nitrogens with two attached hydrogens (primary N) is 1. The van der Waals surface area contributed by atoms with Gasteiger partial charge in [0.1, 0.15) is 12.2 Å². The smallest absolute Gasteiger partial charge is 0.251 e. The molecule has 2 saturated heterocycles. The summed E-state index contributed by atoms with van der Waals surface area (Å²) in [7, 11) is 0. The van der Waals surface area contributed by atoms with Crippen molar-refractivity contribution in [1.29, 1.82) is 0 Å². The van der Waals surface area contributed by atoms with Crippen LogP contribution in [0.1, 0.15) is 23.8 Å². The van der Waals surface area contributed by atoms with Crippen molar-refractivity contribution in [2.45, 2.75) is 31.2 Å². The van der Waals surface area contributed by atoms with Crippen molar-refractivity contribution in [2.75, 3.05) is 26.2 Å². The number of nitrogens with zero attached hydrogens (tertiary/aromatic N) is 1. The Balaban J connectivity index is 1.61. The highest BCUT2D eigenvalue weighted by atomic mass is 32.1. The molecular weight excluding hydrogens is 276 g/mol. The highest BCUT2D eigenvalue weighted by molar-refractivity contribution is 7.10. The molecule has 2 N–H and O–H groups in total. The van der Waals surface area contributed by atoms with Gasteiger partial charge < -0.3 is 20.1 Å². The summed E-state index contributed by atoms with van der Waals surface area (Å²) < 4.78 is 11.5. The van der Waals surface area contributed by atoms with Gasteiger partial charge in [-0.05, 0) is 24.3 Å². The fraction of sp³-hybridized carbons (Fsp3) is 0.643. The Labute approximate surface area is 122 Å². The van der Waals surface area contributed by atoms with Crippen molar-refractivity contribution in [3.63, 3.8) is 0 Å². The summed E-state index contributed by atoms with van der Waals surface area (Å²) in [6.07, 6.45) is 1.39. The molecule has 1 unspecified atom stereocenters. The first-order valence-corrected chi connectivity index (χ1v) is 7.95. The van der Waals surface area contributed by atoms with Crippen LogP contribution in [0.4, 0.5) is 0 Å². The third kappa shape index (κ3) is 2.88. The maximum atomic E-state index is 12.5. The predicted molar refractivity (Wildman–Crippen MR) is 76.5 cm³/mol. The number of ether oxygens (including phenoxy) is 2. The number of rotatable bonds is 3. The first kappa shape index (κ1) is 14.0. The van der Waals surface area contributed by atoms with E-state index in [-0.39, 0.29) is 24.2 Å². The molecule has 2 aliphatic rings. The van der Waals surface area contributed by atoms with Gasteiger partial charge in [-0.2, -0.15) is 0 Å². The zero-order valence-corrected chi connectivity index (χ0v) is 12.2. The predicted octanol–water partition coefficient (Wildman–Crippen LogP) is 1.15. The van der Waals surface area contributed by atoms with Crippen LogP contribution < -0.4 is 5.73 Å². The van der Waals surface area contributed by atoms with E-state index in [9.17, 15) is 4.79 Å². The van der Waals surface area contributed by atoms with Gasteiger partial charge in [0.25, 0.3) is 5.91 Å². The largest absolute Gasteiger partial charge is 0.369 e. The topological polar surface area (TPSA) is 64.8 Å². The van der Waals surface area contributed by atoms with Gasteiger partial charge in [0, 0.05) is 18.0 Å². The number of hydrogen-bond acceptors (Lipinski definition) is 5. The van der Waals surface area contributed by atoms with Crippen LogP contribution >= 0.6 is 11.3 Å². The number of carbonyl (C=O) groups is 1. The molecule has 6 heteroatoms. The molecule has 1 amide bonds. The van der Waals surface area contributed by atoms with Crippen molar-refractivity contribution in [3.05, 3.63) is 22.4 Å². The molecule has 2 aliphatic heterocycles. The van der Waals surface area contributed by atoms with Crippen molar-refractivity contribution in [3.8, 4) is 0 Å². The van der Waals surface area contributed by atoms with Gasteiger partial charge in [-0.3, -0.25) is 4.79 Å². The molecule has 0 bridgehead atoms. The van der Waals surface area contributed by atoms with Gasteiger partial charge in [0.15, 0.2) is 0 Å². The lowest BCUT2D eigenvalue weighted by atomic mass is 10.1. The summed E-state index contributed by atoms with van der Waals surface area (Å²) in [6.45, 7) is 2.34. The molecule has 20 heavy (non-hydrogen) atoms. The average Bonchev–Trinajstić information content (AvgIpc) is 3.17. The number of carbonyl (C=O) groups excluding carboxylic acids is 1. The Hall–Kier alpha value is -0.950. The van der Waals surface area contributed by atoms with E-state index in [4.69, 9.17) is 15.2 Å². The molecule has 0 saturated carbocycles. The van der Waals surface area contributed by atoms with Crippen LogP contribution in [-0.4, -0.2) is 49.3 Å². The average molecular weight is 296 g/mol. The van der Waals surface area contributed by atoms with E-state index in [0.717, 1.165) is 12.8 Å². The Kier molecular flexibility index (Phi) is 4.35. The van der Waals surface area contributed by atoms with Crippen LogP contribution in [-0.2, 0) is 14.3 Å². The molecule has 110 valence electrons. The van der Waals surface area contributed by atoms with Crippen LogP contribution in [0.3, 0.4) is 0 Å². The molecule has 1 aromatic rings. The third-order valence-corrected chi connectivity index (χ3v) is 4.85. The Bertz CT molecular complexity index is 451. The maximum absolute atomic E-state index is 12.5. The van der Waals surface area contributed by atoms with Crippen molar-refractivity contribution in [2.24, 2.45) is 5.73 Å². The van der Waals surface area contributed by atoms with Gasteiger partial charge in [-0.1, -0.05) is 6.07 Å². The maximum Gasteiger partial charge on any atom is 0.251 e. The highest BCUT2D eigenvalue weighted by Gasteiger charge is 2.35. The van der Waals surface area contributed by atoms with E-state index in [1.165, 1.54) is 4.88 Å². The van der Waals surface area contributed by atoms with Crippen LogP contribution in [0.25, 0.3) is 0 Å². The summed E-state index contributed by atoms with van der Waals surface area (Å²) in [5.41, 5.74) is 5.59. The molecule has 3 atom stereocenters. The number of amides is 1. The molecule has 5 nitrogen and oxygen atoms in total. The lowest BCUT2D eigenvalue weighted by molar-refractivity contribution is -0.150. The second kappa shape index (κ2) is 6.22. The molecule has 3 heterocycles. The van der Waals surface area contributed by atoms with E-state index in [1.54, 1.807) is 11.3 Å². The quantitative estimate of drug-likeness (QED) is 0.909.